The molecule has 28 heavy (non-hydrogen) atoms. The maximum atomic E-state index is 12.6. The SMILES string of the molecule is COC(=O)C1(C(=O)OC)CC2=C(C1)[C]1CCCC1C(O[Si](C)(C)C(C)(C)C)C2. The van der Waals surface area contributed by atoms with Crippen molar-refractivity contribution < 1.29 is 23.5 Å². The molecule has 0 bridgehead atoms. The summed E-state index contributed by atoms with van der Waals surface area (Å²) in [6.07, 6.45) is 5.11. The zero-order valence-corrected chi connectivity index (χ0v) is 19.4. The third-order valence-electron chi connectivity index (χ3n) is 7.52. The average molecular weight is 408 g/mol. The monoisotopic (exact) mass is 407 g/mol. The second-order valence-electron chi connectivity index (χ2n) is 10.1. The maximum absolute atomic E-state index is 12.6. The third-order valence-corrected chi connectivity index (χ3v) is 12.0. The molecular weight excluding hydrogens is 372 g/mol. The molecule has 6 heteroatoms. The van der Waals surface area contributed by atoms with Crippen molar-refractivity contribution in [3.63, 3.8) is 0 Å². The number of methoxy groups -OCH3 is 2. The summed E-state index contributed by atoms with van der Waals surface area (Å²) in [4.78, 5) is 25.3. The molecule has 0 amide bonds. The van der Waals surface area contributed by atoms with Gasteiger partial charge in [-0.15, -0.1) is 0 Å². The van der Waals surface area contributed by atoms with Crippen molar-refractivity contribution >= 4 is 20.3 Å². The minimum Gasteiger partial charge on any atom is -0.468 e. The van der Waals surface area contributed by atoms with E-state index in [0.29, 0.717) is 18.8 Å². The van der Waals surface area contributed by atoms with Gasteiger partial charge in [0.2, 0.25) is 0 Å². The predicted octanol–water partition coefficient (Wildman–Crippen LogP) is 4.58. The van der Waals surface area contributed by atoms with E-state index in [9.17, 15) is 9.59 Å². The lowest BCUT2D eigenvalue weighted by atomic mass is 9.76. The van der Waals surface area contributed by atoms with E-state index in [2.05, 4.69) is 33.9 Å². The Balaban J connectivity index is 1.90. The Morgan fingerprint density at radius 3 is 2.21 bits per heavy atom. The summed E-state index contributed by atoms with van der Waals surface area (Å²) in [5.74, 6) is 0.870. The summed E-state index contributed by atoms with van der Waals surface area (Å²) in [7, 11) is 0.784. The molecule has 0 N–H and O–H groups in total. The molecule has 0 aromatic carbocycles. The molecule has 0 heterocycles. The van der Waals surface area contributed by atoms with Crippen molar-refractivity contribution in [2.45, 2.75) is 83.5 Å². The van der Waals surface area contributed by atoms with Crippen LogP contribution < -0.4 is 0 Å². The summed E-state index contributed by atoms with van der Waals surface area (Å²) >= 11 is 0. The van der Waals surface area contributed by atoms with Gasteiger partial charge in [0.15, 0.2) is 13.7 Å². The molecule has 2 atom stereocenters. The highest BCUT2D eigenvalue weighted by atomic mass is 28.4. The Bertz CT molecular complexity index is 672. The van der Waals surface area contributed by atoms with Crippen LogP contribution in [0.4, 0.5) is 0 Å². The zero-order chi connectivity index (χ0) is 20.9. The lowest BCUT2D eigenvalue weighted by molar-refractivity contribution is -0.168. The highest BCUT2D eigenvalue weighted by molar-refractivity contribution is 6.74. The van der Waals surface area contributed by atoms with Crippen LogP contribution in [-0.2, 0) is 23.5 Å². The van der Waals surface area contributed by atoms with Gasteiger partial charge in [-0.2, -0.15) is 0 Å². The van der Waals surface area contributed by atoms with Crippen molar-refractivity contribution in [1.82, 2.24) is 0 Å². The molecule has 2 unspecified atom stereocenters. The van der Waals surface area contributed by atoms with Gasteiger partial charge in [-0.3, -0.25) is 9.59 Å². The highest BCUT2D eigenvalue weighted by Crippen LogP contribution is 2.58. The van der Waals surface area contributed by atoms with Crippen molar-refractivity contribution in [2.24, 2.45) is 11.3 Å². The van der Waals surface area contributed by atoms with Gasteiger partial charge in [0.1, 0.15) is 0 Å². The Hall–Kier alpha value is -1.14. The molecular formula is C22H35O5Si. The van der Waals surface area contributed by atoms with Crippen LogP contribution in [0.5, 0.6) is 0 Å². The first-order chi connectivity index (χ1) is 13.0. The van der Waals surface area contributed by atoms with Gasteiger partial charge in [0.25, 0.3) is 0 Å². The first-order valence-corrected chi connectivity index (χ1v) is 13.3. The molecule has 0 aliphatic heterocycles. The predicted molar refractivity (Wildman–Crippen MR) is 110 cm³/mol. The molecule has 3 rings (SSSR count). The minimum absolute atomic E-state index is 0.151. The molecule has 157 valence electrons. The van der Waals surface area contributed by atoms with E-state index in [1.165, 1.54) is 31.3 Å². The molecule has 5 nitrogen and oxygen atoms in total. The Kier molecular flexibility index (Phi) is 5.60. The Labute approximate surface area is 170 Å². The second kappa shape index (κ2) is 7.28. The molecule has 3 aliphatic rings. The summed E-state index contributed by atoms with van der Waals surface area (Å²) in [6.45, 7) is 11.4. The van der Waals surface area contributed by atoms with Crippen LogP contribution in [0.15, 0.2) is 11.1 Å². The number of carbonyl (C=O) groups is 2. The van der Waals surface area contributed by atoms with E-state index < -0.39 is 25.7 Å². The Morgan fingerprint density at radius 1 is 1.07 bits per heavy atom. The van der Waals surface area contributed by atoms with Gasteiger partial charge >= 0.3 is 11.9 Å². The van der Waals surface area contributed by atoms with Crippen LogP contribution in [0.25, 0.3) is 0 Å². The topological polar surface area (TPSA) is 61.8 Å². The van der Waals surface area contributed by atoms with Gasteiger partial charge in [-0.05, 0) is 56.2 Å². The maximum Gasteiger partial charge on any atom is 0.323 e. The molecule has 0 saturated heterocycles. The number of hydrogen-bond donors (Lipinski definition) is 0. The van der Waals surface area contributed by atoms with E-state index in [0.717, 1.165) is 25.7 Å². The van der Waals surface area contributed by atoms with Gasteiger partial charge in [0, 0.05) is 5.92 Å². The van der Waals surface area contributed by atoms with E-state index in [4.69, 9.17) is 13.9 Å². The molecule has 1 radical (unpaired) electrons. The van der Waals surface area contributed by atoms with E-state index in [-0.39, 0.29) is 11.1 Å². The van der Waals surface area contributed by atoms with Crippen molar-refractivity contribution in [2.75, 3.05) is 14.2 Å². The number of rotatable bonds is 4. The lowest BCUT2D eigenvalue weighted by Gasteiger charge is -2.44. The fourth-order valence-electron chi connectivity index (χ4n) is 4.98. The molecule has 0 aromatic heterocycles. The van der Waals surface area contributed by atoms with Crippen LogP contribution in [0.3, 0.4) is 0 Å². The van der Waals surface area contributed by atoms with E-state index in [1.54, 1.807) is 0 Å². The van der Waals surface area contributed by atoms with Crippen LogP contribution in [0.2, 0.25) is 18.1 Å². The van der Waals surface area contributed by atoms with Crippen LogP contribution in [0, 0.1) is 17.3 Å². The van der Waals surface area contributed by atoms with E-state index in [1.807, 2.05) is 0 Å². The molecule has 0 spiro atoms. The number of carbonyl (C=O) groups excluding carboxylic acids is 2. The normalized spacial score (nSPS) is 27.4. The fraction of sp³-hybridized carbons (Fsp3) is 0.773. The van der Waals surface area contributed by atoms with Gasteiger partial charge in [-0.1, -0.05) is 38.3 Å². The quantitative estimate of drug-likeness (QED) is 0.388. The van der Waals surface area contributed by atoms with E-state index >= 15 is 0 Å². The Morgan fingerprint density at radius 2 is 1.68 bits per heavy atom. The summed E-state index contributed by atoms with van der Waals surface area (Å²) in [5, 5.41) is 0.151. The van der Waals surface area contributed by atoms with Gasteiger partial charge in [0.05, 0.1) is 20.3 Å². The summed E-state index contributed by atoms with van der Waals surface area (Å²) < 4.78 is 16.9. The van der Waals surface area contributed by atoms with Crippen molar-refractivity contribution in [3.05, 3.63) is 17.1 Å². The standard InChI is InChI=1S/C22H35O5Si/c1-21(2,3)28(6,7)27-18-11-14-12-22(19(23)25-4,20(24)26-5)13-17(14)15-9-8-10-16(15)18/h16,18H,8-13H2,1-7H3. The number of fused-ring (bicyclic) bond motifs is 2. The summed E-state index contributed by atoms with van der Waals surface area (Å²) in [6, 6.07) is 0. The van der Waals surface area contributed by atoms with Crippen LogP contribution in [0.1, 0.15) is 59.3 Å². The smallest absolute Gasteiger partial charge is 0.323 e. The average Bonchev–Trinajstić information content (AvgIpc) is 3.24. The summed E-state index contributed by atoms with van der Waals surface area (Å²) in [5.41, 5.74) is 1.21. The van der Waals surface area contributed by atoms with Gasteiger partial charge < -0.3 is 13.9 Å². The number of hydrogen-bond acceptors (Lipinski definition) is 5. The first-order valence-electron chi connectivity index (χ1n) is 10.4. The molecule has 1 fully saturated rings. The zero-order valence-electron chi connectivity index (χ0n) is 18.4. The van der Waals surface area contributed by atoms with Crippen LogP contribution in [-0.4, -0.2) is 40.6 Å². The molecule has 0 aromatic rings. The first kappa shape index (κ1) is 21.6. The highest BCUT2D eigenvalue weighted by Gasteiger charge is 2.58. The van der Waals surface area contributed by atoms with Crippen molar-refractivity contribution in [3.8, 4) is 0 Å². The number of allylic oxidation sites excluding steroid dienone is 1. The molecule has 1 saturated carbocycles. The van der Waals surface area contributed by atoms with Gasteiger partial charge in [-0.25, -0.2) is 0 Å². The second-order valence-corrected chi connectivity index (χ2v) is 14.9. The minimum atomic E-state index is -1.91. The largest absolute Gasteiger partial charge is 0.468 e. The lowest BCUT2D eigenvalue weighted by Crippen LogP contribution is -2.47. The number of esters is 2. The van der Waals surface area contributed by atoms with Crippen LogP contribution >= 0.6 is 0 Å². The third kappa shape index (κ3) is 3.36. The van der Waals surface area contributed by atoms with Crippen molar-refractivity contribution in [1.29, 1.82) is 0 Å². The molecule has 3 aliphatic carbocycles. The fourth-order valence-corrected chi connectivity index (χ4v) is 6.34. The number of ether oxygens (including phenoxy) is 2.